The highest BCUT2D eigenvalue weighted by Crippen LogP contribution is 2.29. The van der Waals surface area contributed by atoms with Gasteiger partial charge in [0.15, 0.2) is 0 Å². The Kier molecular flexibility index (Phi) is 8.22. The number of rotatable bonds is 8. The lowest BCUT2D eigenvalue weighted by Gasteiger charge is -2.10. The fourth-order valence-electron chi connectivity index (χ4n) is 3.68. The summed E-state index contributed by atoms with van der Waals surface area (Å²) >= 11 is 7.33. The molecule has 1 fully saturated rings. The second-order valence-electron chi connectivity index (χ2n) is 7.86. The predicted octanol–water partition coefficient (Wildman–Crippen LogP) is 2.29. The van der Waals surface area contributed by atoms with Gasteiger partial charge in [0.2, 0.25) is 5.91 Å². The number of hydrogen-bond acceptors (Lipinski definition) is 7. The number of esters is 1. The SMILES string of the molecule is CCOC(=O)/C=c1/s/c(=C\c2ccc(-c3ccccc3Cl)o2)c(=O)n1CC(=O)NCC1CCCO1. The van der Waals surface area contributed by atoms with E-state index in [1.54, 1.807) is 31.2 Å². The highest BCUT2D eigenvalue weighted by Gasteiger charge is 2.17. The standard InChI is InChI=1S/C25H25ClN2O6S/c1-2-32-24(30)13-23-28(15-22(29)27-14-17-6-5-11-33-17)25(31)21(35-23)12-16-9-10-20(34-16)18-7-3-4-8-19(18)26/h3-4,7-10,12-13,17H,2,5-6,11,14-15H2,1H3,(H,27,29)/b21-12-,23-13+. The molecule has 3 aromatic rings. The normalized spacial score (nSPS) is 16.6. The number of amides is 1. The minimum absolute atomic E-state index is 0.0149. The monoisotopic (exact) mass is 516 g/mol. The molecule has 0 aliphatic carbocycles. The third kappa shape index (κ3) is 6.30. The zero-order valence-electron chi connectivity index (χ0n) is 19.1. The van der Waals surface area contributed by atoms with Gasteiger partial charge in [0.25, 0.3) is 5.56 Å². The number of ether oxygens (including phenoxy) is 2. The van der Waals surface area contributed by atoms with Crippen molar-refractivity contribution >= 4 is 47.0 Å². The van der Waals surface area contributed by atoms with Gasteiger partial charge in [0.05, 0.1) is 28.3 Å². The molecule has 2 aromatic heterocycles. The zero-order valence-corrected chi connectivity index (χ0v) is 20.7. The van der Waals surface area contributed by atoms with E-state index >= 15 is 0 Å². The number of aromatic nitrogens is 1. The highest BCUT2D eigenvalue weighted by molar-refractivity contribution is 7.07. The first kappa shape index (κ1) is 25.0. The van der Waals surface area contributed by atoms with E-state index in [1.807, 2.05) is 18.2 Å². The molecule has 10 heteroatoms. The van der Waals surface area contributed by atoms with Gasteiger partial charge in [-0.15, -0.1) is 11.3 Å². The smallest absolute Gasteiger partial charge is 0.333 e. The second-order valence-corrected chi connectivity index (χ2v) is 9.33. The Morgan fingerprint density at radius 3 is 2.86 bits per heavy atom. The van der Waals surface area contributed by atoms with Gasteiger partial charge in [-0.1, -0.05) is 23.7 Å². The van der Waals surface area contributed by atoms with Gasteiger partial charge in [-0.25, -0.2) is 4.79 Å². The molecule has 1 aromatic carbocycles. The molecule has 1 amide bonds. The molecule has 184 valence electrons. The molecular formula is C25H25ClN2O6S. The van der Waals surface area contributed by atoms with Gasteiger partial charge in [-0.05, 0) is 44.0 Å². The van der Waals surface area contributed by atoms with Crippen LogP contribution in [0.25, 0.3) is 23.5 Å². The third-order valence-corrected chi connectivity index (χ3v) is 6.75. The van der Waals surface area contributed by atoms with Crippen molar-refractivity contribution < 1.29 is 23.5 Å². The fourth-order valence-corrected chi connectivity index (χ4v) is 4.92. The quantitative estimate of drug-likeness (QED) is 0.461. The first-order valence-electron chi connectivity index (χ1n) is 11.3. The molecule has 1 N–H and O–H groups in total. The number of hydrogen-bond donors (Lipinski definition) is 1. The number of carbonyl (C=O) groups is 2. The second kappa shape index (κ2) is 11.5. The Bertz CT molecular complexity index is 1380. The average molecular weight is 517 g/mol. The molecule has 1 atom stereocenters. The molecule has 1 unspecified atom stereocenters. The van der Waals surface area contributed by atoms with Crippen LogP contribution in [0, 0.1) is 0 Å². The lowest BCUT2D eigenvalue weighted by Crippen LogP contribution is -2.40. The van der Waals surface area contributed by atoms with Crippen LogP contribution < -0.4 is 20.1 Å². The molecule has 4 rings (SSSR count). The van der Waals surface area contributed by atoms with Crippen LogP contribution in [0.1, 0.15) is 25.5 Å². The summed E-state index contributed by atoms with van der Waals surface area (Å²) in [6, 6.07) is 10.8. The molecule has 1 saturated heterocycles. The molecule has 0 bridgehead atoms. The summed E-state index contributed by atoms with van der Waals surface area (Å²) in [5.41, 5.74) is 0.324. The van der Waals surface area contributed by atoms with Gasteiger partial charge in [0.1, 0.15) is 22.7 Å². The van der Waals surface area contributed by atoms with Crippen LogP contribution in [-0.4, -0.2) is 42.3 Å². The van der Waals surface area contributed by atoms with E-state index in [0.29, 0.717) is 38.9 Å². The van der Waals surface area contributed by atoms with Crippen molar-refractivity contribution in [1.82, 2.24) is 9.88 Å². The van der Waals surface area contributed by atoms with Crippen LogP contribution in [0.3, 0.4) is 0 Å². The number of nitrogens with one attached hydrogen (secondary N) is 1. The van der Waals surface area contributed by atoms with E-state index < -0.39 is 11.5 Å². The predicted molar refractivity (Wildman–Crippen MR) is 134 cm³/mol. The number of benzene rings is 1. The summed E-state index contributed by atoms with van der Waals surface area (Å²) in [5, 5.41) is 3.35. The summed E-state index contributed by atoms with van der Waals surface area (Å²) in [4.78, 5) is 37.8. The lowest BCUT2D eigenvalue weighted by molar-refractivity contribution is -0.135. The van der Waals surface area contributed by atoms with Crippen molar-refractivity contribution in [2.45, 2.75) is 32.4 Å². The van der Waals surface area contributed by atoms with Crippen LogP contribution in [0.4, 0.5) is 0 Å². The Labute approximate surface area is 210 Å². The van der Waals surface area contributed by atoms with E-state index in [-0.39, 0.29) is 25.2 Å². The summed E-state index contributed by atoms with van der Waals surface area (Å²) in [7, 11) is 0. The van der Waals surface area contributed by atoms with Crippen molar-refractivity contribution in [1.29, 1.82) is 0 Å². The van der Waals surface area contributed by atoms with Crippen molar-refractivity contribution in [2.24, 2.45) is 0 Å². The Morgan fingerprint density at radius 2 is 2.11 bits per heavy atom. The fraction of sp³-hybridized carbons (Fsp3) is 0.320. The van der Waals surface area contributed by atoms with E-state index in [4.69, 9.17) is 25.5 Å². The first-order chi connectivity index (χ1) is 16.9. The molecule has 1 aliphatic heterocycles. The van der Waals surface area contributed by atoms with Gasteiger partial charge >= 0.3 is 5.97 Å². The Morgan fingerprint density at radius 1 is 1.29 bits per heavy atom. The van der Waals surface area contributed by atoms with E-state index in [1.165, 1.54) is 10.6 Å². The van der Waals surface area contributed by atoms with Crippen LogP contribution >= 0.6 is 22.9 Å². The molecule has 3 heterocycles. The largest absolute Gasteiger partial charge is 0.463 e. The average Bonchev–Trinajstić information content (AvgIpc) is 3.57. The van der Waals surface area contributed by atoms with Crippen LogP contribution in [0.15, 0.2) is 45.6 Å². The van der Waals surface area contributed by atoms with Crippen molar-refractivity contribution in [3.63, 3.8) is 0 Å². The lowest BCUT2D eigenvalue weighted by atomic mass is 10.2. The third-order valence-electron chi connectivity index (χ3n) is 5.36. The molecular weight excluding hydrogens is 492 g/mol. The summed E-state index contributed by atoms with van der Waals surface area (Å²) < 4.78 is 18.3. The Balaban J connectivity index is 1.64. The van der Waals surface area contributed by atoms with E-state index in [0.717, 1.165) is 29.7 Å². The van der Waals surface area contributed by atoms with Gasteiger partial charge in [-0.3, -0.25) is 14.2 Å². The van der Waals surface area contributed by atoms with Crippen LogP contribution in [0.2, 0.25) is 5.02 Å². The summed E-state index contributed by atoms with van der Waals surface area (Å²) in [6.07, 6.45) is 4.64. The Hall–Kier alpha value is -3.14. The maximum Gasteiger partial charge on any atom is 0.333 e. The van der Waals surface area contributed by atoms with E-state index in [9.17, 15) is 14.4 Å². The molecule has 0 radical (unpaired) electrons. The van der Waals surface area contributed by atoms with Gasteiger partial charge < -0.3 is 19.2 Å². The number of nitrogens with zero attached hydrogens (tertiary/aromatic N) is 1. The number of carbonyl (C=O) groups excluding carboxylic acids is 2. The summed E-state index contributed by atoms with van der Waals surface area (Å²) in [6.45, 7) is 2.73. The number of thiazole rings is 1. The molecule has 0 spiro atoms. The highest BCUT2D eigenvalue weighted by atomic mass is 35.5. The van der Waals surface area contributed by atoms with Crippen molar-refractivity contribution in [3.05, 3.63) is 66.7 Å². The van der Waals surface area contributed by atoms with Crippen molar-refractivity contribution in [3.8, 4) is 11.3 Å². The van der Waals surface area contributed by atoms with Crippen LogP contribution in [0.5, 0.6) is 0 Å². The molecule has 8 nitrogen and oxygen atoms in total. The molecule has 35 heavy (non-hydrogen) atoms. The minimum Gasteiger partial charge on any atom is -0.463 e. The summed E-state index contributed by atoms with van der Waals surface area (Å²) in [5.74, 6) is 0.0683. The van der Waals surface area contributed by atoms with Crippen LogP contribution in [-0.2, 0) is 25.6 Å². The van der Waals surface area contributed by atoms with Crippen molar-refractivity contribution in [2.75, 3.05) is 19.8 Å². The van der Waals surface area contributed by atoms with Gasteiger partial charge in [0, 0.05) is 24.8 Å². The minimum atomic E-state index is -0.590. The van der Waals surface area contributed by atoms with Gasteiger partial charge in [-0.2, -0.15) is 0 Å². The van der Waals surface area contributed by atoms with E-state index in [2.05, 4.69) is 5.32 Å². The number of halogens is 1. The first-order valence-corrected chi connectivity index (χ1v) is 12.5. The molecule has 0 saturated carbocycles. The topological polar surface area (TPSA) is 99.8 Å². The number of furan rings is 1. The zero-order chi connectivity index (χ0) is 24.8. The maximum absolute atomic E-state index is 13.2. The maximum atomic E-state index is 13.2. The molecule has 1 aliphatic rings.